The predicted octanol–water partition coefficient (Wildman–Crippen LogP) is 16.4. The lowest BCUT2D eigenvalue weighted by molar-refractivity contribution is 0.447. The number of rotatable bonds is 8. The third kappa shape index (κ3) is 7.65. The van der Waals surface area contributed by atoms with E-state index in [0.717, 1.165) is 23.2 Å². The van der Waals surface area contributed by atoms with Gasteiger partial charge in [-0.1, -0.05) is 134 Å². The molecule has 6 fully saturated rings. The molecular weight excluding hydrogens is 703 g/mol. The second-order valence-corrected chi connectivity index (χ2v) is 26.0. The molecule has 0 aliphatic heterocycles. The topological polar surface area (TPSA) is 17.1 Å². The maximum Gasteiger partial charge on any atom is 0.118 e. The fourth-order valence-corrected chi connectivity index (χ4v) is 23.8. The molecule has 8 aliphatic carbocycles. The Bertz CT molecular complexity index is 1700. The average molecular weight is 777 g/mol. The summed E-state index contributed by atoms with van der Waals surface area (Å²) in [4.78, 5) is 0. The molecule has 0 N–H and O–H groups in total. The van der Waals surface area contributed by atoms with Gasteiger partial charge < -0.3 is 4.57 Å². The maximum atomic E-state index is 15.4. The lowest BCUT2D eigenvalue weighted by atomic mass is 9.89. The normalized spacial score (nSPS) is 29.7. The van der Waals surface area contributed by atoms with Crippen LogP contribution >= 0.6 is 15.1 Å². The monoisotopic (exact) mass is 777 g/mol. The first-order valence-corrected chi connectivity index (χ1v) is 27.3. The molecule has 0 aromatic heterocycles. The van der Waals surface area contributed by atoms with E-state index >= 15 is 4.57 Å². The summed E-state index contributed by atoms with van der Waals surface area (Å²) in [5.41, 5.74) is 12.6. The molecule has 298 valence electrons. The zero-order valence-corrected chi connectivity index (χ0v) is 36.7. The lowest BCUT2D eigenvalue weighted by Crippen LogP contribution is -2.26. The number of aryl methyl sites for hydroxylation is 2. The van der Waals surface area contributed by atoms with E-state index in [4.69, 9.17) is 0 Å². The van der Waals surface area contributed by atoms with Crippen molar-refractivity contribution < 1.29 is 4.57 Å². The van der Waals surface area contributed by atoms with Crippen LogP contribution < -0.4 is 0 Å². The maximum absolute atomic E-state index is 15.4. The smallest absolute Gasteiger partial charge is 0.118 e. The van der Waals surface area contributed by atoms with Crippen LogP contribution in [-0.4, -0.2) is 22.6 Å². The van der Waals surface area contributed by atoms with Crippen LogP contribution in [-0.2, 0) is 4.57 Å². The summed E-state index contributed by atoms with van der Waals surface area (Å²) in [6.45, 7) is 4.62. The molecule has 2 aromatic rings. The molecule has 4 unspecified atom stereocenters. The minimum absolute atomic E-state index is 0.0915. The van der Waals surface area contributed by atoms with Crippen LogP contribution in [0.5, 0.6) is 0 Å². The highest BCUT2D eigenvalue weighted by Crippen LogP contribution is 2.76. The highest BCUT2D eigenvalue weighted by molar-refractivity contribution is 7.70. The molecule has 1 nitrogen and oxygen atoms in total. The van der Waals surface area contributed by atoms with Gasteiger partial charge in [0.1, 0.15) is 7.14 Å². The summed E-state index contributed by atoms with van der Waals surface area (Å²) in [7, 11) is -2.23. The van der Waals surface area contributed by atoms with E-state index in [2.05, 4.69) is 67.7 Å². The van der Waals surface area contributed by atoms with Gasteiger partial charge >= 0.3 is 0 Å². The first-order chi connectivity index (χ1) is 27.0. The van der Waals surface area contributed by atoms with Crippen molar-refractivity contribution in [2.75, 3.05) is 0 Å². The second kappa shape index (κ2) is 17.4. The quantitative estimate of drug-likeness (QED) is 0.244. The zero-order valence-electron chi connectivity index (χ0n) is 34.9. The van der Waals surface area contributed by atoms with E-state index in [1.807, 2.05) is 5.57 Å². The third-order valence-corrected chi connectivity index (χ3v) is 25.0. The fraction of sp³-hybridized carbons (Fsp3) is 0.692. The summed E-state index contributed by atoms with van der Waals surface area (Å²) in [5, 5.41) is 3.60. The van der Waals surface area contributed by atoms with Crippen LogP contribution in [0.2, 0.25) is 0 Å². The Labute approximate surface area is 337 Å². The van der Waals surface area contributed by atoms with Crippen molar-refractivity contribution in [3.05, 3.63) is 81.4 Å². The van der Waals surface area contributed by atoms with Gasteiger partial charge in [-0.3, -0.25) is 0 Å². The lowest BCUT2D eigenvalue weighted by Gasteiger charge is -2.42. The van der Waals surface area contributed by atoms with Gasteiger partial charge in [-0.2, -0.15) is 0 Å². The largest absolute Gasteiger partial charge is 0.318 e. The molecule has 6 saturated carbocycles. The van der Waals surface area contributed by atoms with Crippen molar-refractivity contribution in [1.29, 1.82) is 0 Å². The molecular formula is C52H74OP2. The molecule has 4 atom stereocenters. The van der Waals surface area contributed by atoms with E-state index in [0.29, 0.717) is 23.2 Å². The van der Waals surface area contributed by atoms with E-state index in [-0.39, 0.29) is 7.92 Å². The molecule has 0 amide bonds. The SMILES string of the molecule is Cc1ccccc1C1=C(P(=O)(C2CCCCC2)C2CCCCC2)C2CCC1C2.Cc1ccccc1C1=C(P(C2CCCCC2)C2CCCCC2)C2CCC1C2. The van der Waals surface area contributed by atoms with Crippen molar-refractivity contribution >= 4 is 26.2 Å². The minimum Gasteiger partial charge on any atom is -0.318 e. The number of allylic oxidation sites excluding steroid dienone is 4. The Kier molecular flexibility index (Phi) is 12.4. The average Bonchev–Trinajstić information content (AvgIpc) is 4.06. The Morgan fingerprint density at radius 3 is 1.36 bits per heavy atom. The van der Waals surface area contributed by atoms with Crippen LogP contribution in [0.15, 0.2) is 59.2 Å². The summed E-state index contributed by atoms with van der Waals surface area (Å²) >= 11 is 0. The third-order valence-electron chi connectivity index (χ3n) is 16.7. The van der Waals surface area contributed by atoms with Gasteiger partial charge in [0, 0.05) is 11.3 Å². The van der Waals surface area contributed by atoms with Crippen molar-refractivity contribution in [1.82, 2.24) is 0 Å². The Hall–Kier alpha value is -1.42. The van der Waals surface area contributed by atoms with Gasteiger partial charge in [0.2, 0.25) is 0 Å². The molecule has 8 aliphatic rings. The fourth-order valence-electron chi connectivity index (χ4n) is 14.2. The zero-order chi connectivity index (χ0) is 37.4. The molecule has 4 bridgehead atoms. The first kappa shape index (κ1) is 39.1. The van der Waals surface area contributed by atoms with Crippen LogP contribution in [0.25, 0.3) is 11.1 Å². The van der Waals surface area contributed by atoms with E-state index in [1.54, 1.807) is 36.8 Å². The summed E-state index contributed by atoms with van der Waals surface area (Å²) in [6.07, 6.45) is 36.5. The van der Waals surface area contributed by atoms with Crippen LogP contribution in [0.1, 0.15) is 189 Å². The van der Waals surface area contributed by atoms with Crippen molar-refractivity contribution in [2.45, 2.75) is 203 Å². The van der Waals surface area contributed by atoms with Crippen molar-refractivity contribution in [3.8, 4) is 0 Å². The van der Waals surface area contributed by atoms with Crippen molar-refractivity contribution in [3.63, 3.8) is 0 Å². The van der Waals surface area contributed by atoms with Gasteiger partial charge in [-0.15, -0.1) is 0 Å². The van der Waals surface area contributed by atoms with Gasteiger partial charge in [0.25, 0.3) is 0 Å². The van der Waals surface area contributed by atoms with E-state index in [9.17, 15) is 0 Å². The predicted molar refractivity (Wildman–Crippen MR) is 240 cm³/mol. The second-order valence-electron chi connectivity index (χ2n) is 19.9. The molecule has 0 radical (unpaired) electrons. The molecule has 10 rings (SSSR count). The molecule has 55 heavy (non-hydrogen) atoms. The van der Waals surface area contributed by atoms with Crippen LogP contribution in [0.3, 0.4) is 0 Å². The van der Waals surface area contributed by atoms with Crippen LogP contribution in [0.4, 0.5) is 0 Å². The number of fused-ring (bicyclic) bond motifs is 4. The van der Waals surface area contributed by atoms with E-state index < -0.39 is 7.14 Å². The molecule has 0 saturated heterocycles. The number of hydrogen-bond donors (Lipinski definition) is 0. The molecule has 0 heterocycles. The minimum atomic E-state index is -2.32. The Morgan fingerprint density at radius 1 is 0.455 bits per heavy atom. The van der Waals surface area contributed by atoms with Gasteiger partial charge in [-0.05, 0) is 183 Å². The standard InChI is InChI=1S/C26H37OP.C26H37P/c1-19-10-8-9-15-24(19)25-20-16-17-21(18-20)26(25)28(27,22-11-4-2-5-12-22)23-13-6-3-7-14-23;1-19-10-8-9-15-24(19)25-20-16-17-21(18-20)26(25)27(22-11-4-2-5-12-22)23-13-6-3-7-14-23/h8-10,15,20-23H,2-7,11-14,16-18H2,1H3;8-10,15,20-23H,2-7,11-14,16-18H2,1H3. The molecule has 2 aromatic carbocycles. The highest BCUT2D eigenvalue weighted by atomic mass is 31.2. The number of benzene rings is 2. The van der Waals surface area contributed by atoms with Gasteiger partial charge in [0.05, 0.1) is 0 Å². The summed E-state index contributed by atoms with van der Waals surface area (Å²) < 4.78 is 15.4. The summed E-state index contributed by atoms with van der Waals surface area (Å²) in [5.74, 6) is 3.17. The molecule has 3 heteroatoms. The Balaban J connectivity index is 0.000000144. The Morgan fingerprint density at radius 2 is 0.855 bits per heavy atom. The number of hydrogen-bond acceptors (Lipinski definition) is 1. The van der Waals surface area contributed by atoms with Crippen molar-refractivity contribution in [2.24, 2.45) is 23.7 Å². The molecule has 0 spiro atoms. The van der Waals surface area contributed by atoms with Gasteiger partial charge in [-0.25, -0.2) is 0 Å². The highest BCUT2D eigenvalue weighted by Gasteiger charge is 2.53. The first-order valence-electron chi connectivity index (χ1n) is 24.0. The summed E-state index contributed by atoms with van der Waals surface area (Å²) in [6, 6.07) is 18.3. The van der Waals surface area contributed by atoms with Crippen LogP contribution in [0, 0.1) is 37.5 Å². The van der Waals surface area contributed by atoms with E-state index in [1.165, 1.54) is 163 Å². The van der Waals surface area contributed by atoms with Gasteiger partial charge in [0.15, 0.2) is 0 Å².